The maximum Gasteiger partial charge on any atom is 1.00 e. The number of hydrogen-bond acceptors (Lipinski definition) is 18. The number of thiazole rings is 1. The van der Waals surface area contributed by atoms with E-state index in [2.05, 4.69) is 25.5 Å². The Morgan fingerprint density at radius 2 is 1.82 bits per heavy atom. The SMILES string of the molecule is CC1(C)[C@H](C(=O)O)N2C(=O)C[C@H]2S1(=O)=O.CO/N=C(/C(=O)N[C@]1(C)C(=O)N2C(C(=O)[O-])=C(CSc3nc(=O)c(=O)n(C)[n-]3)CS[C@@]21C)c1csc(N)n1.[Na+].[Na+]. The van der Waals surface area contributed by atoms with Gasteiger partial charge >= 0.3 is 65.1 Å². The van der Waals surface area contributed by atoms with Crippen molar-refractivity contribution < 1.29 is 107 Å². The maximum absolute atomic E-state index is 13.4. The number of thioether (sulfide) groups is 2. The van der Waals surface area contributed by atoms with Gasteiger partial charge in [0.15, 0.2) is 20.7 Å². The van der Waals surface area contributed by atoms with E-state index in [0.29, 0.717) is 5.57 Å². The molecule has 286 valence electrons. The number of aliphatic carboxylic acids is 2. The zero-order valence-corrected chi connectivity index (χ0v) is 37.9. The number of anilines is 1. The molecule has 6 heterocycles. The van der Waals surface area contributed by atoms with Crippen molar-refractivity contribution in [2.45, 2.75) is 65.8 Å². The number of amides is 3. The number of nitrogens with zero attached hydrogens (tertiary/aromatic N) is 7. The smallest absolute Gasteiger partial charge is 0.543 e. The van der Waals surface area contributed by atoms with Gasteiger partial charge in [-0.15, -0.1) is 34.9 Å². The molecule has 55 heavy (non-hydrogen) atoms. The monoisotopic (exact) mass is 859 g/mol. The Balaban J connectivity index is 0.000000401. The van der Waals surface area contributed by atoms with Crippen LogP contribution >= 0.6 is 34.9 Å². The van der Waals surface area contributed by atoms with Crippen LogP contribution in [0.1, 0.15) is 39.8 Å². The molecule has 0 aliphatic carbocycles. The summed E-state index contributed by atoms with van der Waals surface area (Å²) >= 11 is 3.25. The van der Waals surface area contributed by atoms with Crippen molar-refractivity contribution in [2.24, 2.45) is 12.2 Å². The molecule has 4 N–H and O–H groups in total. The summed E-state index contributed by atoms with van der Waals surface area (Å²) in [5.41, 5.74) is 2.16. The molecule has 27 heteroatoms. The zero-order valence-electron chi connectivity index (χ0n) is 30.6. The molecule has 4 aliphatic rings. The minimum atomic E-state index is -3.57. The molecule has 3 fully saturated rings. The van der Waals surface area contributed by atoms with E-state index < -0.39 is 77.2 Å². The molecule has 0 saturated carbocycles. The Hall–Kier alpha value is -2.75. The van der Waals surface area contributed by atoms with Crippen molar-refractivity contribution in [1.29, 1.82) is 0 Å². The normalized spacial score (nSPS) is 25.7. The number of nitrogen functional groups attached to an aromatic ring is 1. The maximum atomic E-state index is 13.4. The topological polar surface area (TPSA) is 308 Å². The van der Waals surface area contributed by atoms with Crippen LogP contribution in [0.4, 0.5) is 5.13 Å². The molecule has 3 saturated heterocycles. The molecule has 6 rings (SSSR count). The summed E-state index contributed by atoms with van der Waals surface area (Å²) in [5.74, 6) is -4.54. The summed E-state index contributed by atoms with van der Waals surface area (Å²) in [6.45, 7) is 5.82. The summed E-state index contributed by atoms with van der Waals surface area (Å²) in [6.07, 6.45) is -0.0878. The molecule has 2 aromatic rings. The Bertz CT molecular complexity index is 2260. The van der Waals surface area contributed by atoms with Crippen LogP contribution in [0.15, 0.2) is 36.6 Å². The number of aromatic nitrogens is 4. The van der Waals surface area contributed by atoms with Crippen LogP contribution in [0.5, 0.6) is 0 Å². The molecule has 4 atom stereocenters. The molecule has 0 radical (unpaired) electrons. The molecule has 2 aromatic heterocycles. The Kier molecular flexibility index (Phi) is 14.1. The molecule has 3 amide bonds. The fraction of sp³-hybridized carbons (Fsp3) is 0.500. The van der Waals surface area contributed by atoms with E-state index in [1.807, 2.05) is 0 Å². The predicted molar refractivity (Wildman–Crippen MR) is 186 cm³/mol. The molecular weight excluding hydrogens is 829 g/mol. The Labute approximate surface area is 368 Å². The van der Waals surface area contributed by atoms with Crippen LogP contribution in [0.25, 0.3) is 0 Å². The second kappa shape index (κ2) is 16.6. The standard InChI is InChI=1S/C20H22N8O7S3.C8H11NO5S.2Na/c1-19(24-12(29)10(26-35-4)9-7-36-17(21)22-9)16(34)28-11(15(32)33)8(6-38-20(19,28)2)5-37-18-23-13(30)14(31)27(3)25-18;1-8(2)6(7(11)12)9-4(10)3-5(9)15(8,13)14;;/h7H,5-6H2,1-4H3,(H5,21,22,23,24,25,29,30,32,33);5-6H,3H2,1-2H3,(H,11,12);;/q;;2*+1/p-2/b26-10+;;;/t19-,20-;5-,6+;;/m11../s1. The average molecular weight is 860 g/mol. The number of carboxylic acids is 2. The number of hydrogen-bond donors (Lipinski definition) is 3. The predicted octanol–water partition coefficient (Wildman–Crippen LogP) is -9.32. The van der Waals surface area contributed by atoms with Crippen molar-refractivity contribution in [3.8, 4) is 0 Å². The zero-order chi connectivity index (χ0) is 39.6. The third-order valence-electron chi connectivity index (χ3n) is 9.28. The first-order valence-corrected chi connectivity index (χ1v) is 19.5. The van der Waals surface area contributed by atoms with E-state index in [9.17, 15) is 47.1 Å². The second-order valence-electron chi connectivity index (χ2n) is 12.7. The van der Waals surface area contributed by atoms with Crippen LogP contribution in [-0.2, 0) is 45.7 Å². The number of rotatable bonds is 9. The van der Waals surface area contributed by atoms with Gasteiger partial charge in [0.1, 0.15) is 34.6 Å². The van der Waals surface area contributed by atoms with Crippen LogP contribution < -0.4 is 91.5 Å². The number of carbonyl (C=O) groups excluding carboxylic acids is 4. The third kappa shape index (κ3) is 7.68. The Morgan fingerprint density at radius 1 is 1.18 bits per heavy atom. The molecule has 0 unspecified atom stereocenters. The van der Waals surface area contributed by atoms with Gasteiger partial charge in [-0.1, -0.05) is 5.16 Å². The van der Waals surface area contributed by atoms with Gasteiger partial charge in [0.2, 0.25) is 11.5 Å². The fourth-order valence-electron chi connectivity index (χ4n) is 6.17. The minimum absolute atomic E-state index is 0. The second-order valence-corrected chi connectivity index (χ2v) is 18.6. The Morgan fingerprint density at radius 3 is 2.31 bits per heavy atom. The largest absolute Gasteiger partial charge is 1.00 e. The number of carbonyl (C=O) groups is 5. The number of oxime groups is 1. The van der Waals surface area contributed by atoms with Crippen molar-refractivity contribution in [2.75, 3.05) is 24.3 Å². The van der Waals surface area contributed by atoms with Gasteiger partial charge in [-0.2, -0.15) is 0 Å². The van der Waals surface area contributed by atoms with Crippen LogP contribution in [0.3, 0.4) is 0 Å². The number of sulfone groups is 1. The summed E-state index contributed by atoms with van der Waals surface area (Å²) in [5, 5.41) is 32.1. The van der Waals surface area contributed by atoms with Gasteiger partial charge in [0.25, 0.3) is 17.4 Å². The van der Waals surface area contributed by atoms with E-state index in [1.165, 1.54) is 52.1 Å². The molecule has 21 nitrogen and oxygen atoms in total. The molecule has 0 bridgehead atoms. The fourth-order valence-corrected chi connectivity index (χ4v) is 11.3. The van der Waals surface area contributed by atoms with Gasteiger partial charge in [0, 0.05) is 23.9 Å². The molecular formula is C28H31N9Na2O12S4. The quantitative estimate of drug-likeness (QED) is 0.0527. The van der Waals surface area contributed by atoms with E-state index in [0.717, 1.165) is 37.6 Å². The number of carboxylic acid groups (broad SMARTS) is 2. The average Bonchev–Trinajstić information content (AvgIpc) is 3.55. The van der Waals surface area contributed by atoms with Crippen LogP contribution in [0.2, 0.25) is 0 Å². The third-order valence-corrected chi connectivity index (χ3v) is 15.3. The van der Waals surface area contributed by atoms with Crippen molar-refractivity contribution in [3.63, 3.8) is 0 Å². The molecule has 4 aliphatic heterocycles. The first-order chi connectivity index (χ1) is 24.5. The summed E-state index contributed by atoms with van der Waals surface area (Å²) in [6, 6.07) is -1.26. The van der Waals surface area contributed by atoms with E-state index in [1.54, 1.807) is 6.92 Å². The van der Waals surface area contributed by atoms with Crippen molar-refractivity contribution in [1.82, 2.24) is 34.9 Å². The number of nitrogens with one attached hydrogen (secondary N) is 1. The number of nitrogens with two attached hydrogens (primary N) is 1. The summed E-state index contributed by atoms with van der Waals surface area (Å²) in [4.78, 5) is 97.4. The van der Waals surface area contributed by atoms with Gasteiger partial charge < -0.3 is 50.6 Å². The van der Waals surface area contributed by atoms with Gasteiger partial charge in [-0.25, -0.2) is 18.2 Å². The van der Waals surface area contributed by atoms with Crippen LogP contribution in [0, 0.1) is 0 Å². The molecule has 0 spiro atoms. The number of aryl methyl sites for hydroxylation is 1. The first kappa shape index (κ1) is 46.6. The van der Waals surface area contributed by atoms with Crippen LogP contribution in [-0.4, -0.2) is 119 Å². The number of β-lactam (4-membered cyclic amide) rings is 2. The first-order valence-electron chi connectivity index (χ1n) is 15.1. The minimum Gasteiger partial charge on any atom is -0.543 e. The van der Waals surface area contributed by atoms with Gasteiger partial charge in [-0.05, 0) is 38.4 Å². The van der Waals surface area contributed by atoms with Crippen molar-refractivity contribution >= 4 is 85.2 Å². The van der Waals surface area contributed by atoms with E-state index in [4.69, 9.17) is 15.7 Å². The van der Waals surface area contributed by atoms with E-state index >= 15 is 0 Å². The van der Waals surface area contributed by atoms with E-state index in [-0.39, 0.29) is 104 Å². The molecule has 0 aromatic carbocycles. The summed E-state index contributed by atoms with van der Waals surface area (Å²) < 4.78 is 23.2. The number of fused-ring (bicyclic) bond motifs is 2. The van der Waals surface area contributed by atoms with Gasteiger partial charge in [0.05, 0.1) is 22.8 Å². The van der Waals surface area contributed by atoms with Gasteiger partial charge in [-0.3, -0.25) is 28.9 Å². The summed E-state index contributed by atoms with van der Waals surface area (Å²) in [7, 11) is -1.03. The van der Waals surface area contributed by atoms with Crippen molar-refractivity contribution in [3.05, 3.63) is 43.1 Å².